The van der Waals surface area contributed by atoms with Crippen LogP contribution in [-0.4, -0.2) is 45.3 Å². The number of imidazole rings is 1. The Morgan fingerprint density at radius 1 is 1.43 bits per heavy atom. The molecule has 0 spiro atoms. The average molecular weight is 288 g/mol. The van der Waals surface area contributed by atoms with Crippen molar-refractivity contribution in [3.8, 4) is 0 Å². The van der Waals surface area contributed by atoms with E-state index >= 15 is 0 Å². The van der Waals surface area contributed by atoms with Gasteiger partial charge in [0.05, 0.1) is 12.7 Å². The Morgan fingerprint density at radius 3 is 3.00 bits per heavy atom. The molecule has 1 aromatic heterocycles. The Balaban J connectivity index is 1.65. The molecule has 0 aliphatic carbocycles. The van der Waals surface area contributed by atoms with Crippen LogP contribution in [0, 0.1) is 0 Å². The van der Waals surface area contributed by atoms with Crippen LogP contribution in [0.4, 0.5) is 0 Å². The third-order valence-electron chi connectivity index (χ3n) is 4.11. The fourth-order valence-electron chi connectivity index (χ4n) is 2.91. The molecule has 0 bridgehead atoms. The van der Waals surface area contributed by atoms with Gasteiger partial charge in [0, 0.05) is 32.1 Å². The molecule has 3 rings (SSSR count). The Morgan fingerprint density at radius 2 is 2.29 bits per heavy atom. The molecular formula is C15H20N4O2. The molecule has 1 N–H and O–H groups in total. The number of aromatic nitrogens is 2. The van der Waals surface area contributed by atoms with Crippen molar-refractivity contribution in [2.75, 3.05) is 13.1 Å². The molecule has 1 amide bonds. The fourth-order valence-corrected chi connectivity index (χ4v) is 2.91. The van der Waals surface area contributed by atoms with Crippen LogP contribution in [0.3, 0.4) is 0 Å². The van der Waals surface area contributed by atoms with Crippen molar-refractivity contribution in [1.29, 1.82) is 0 Å². The van der Waals surface area contributed by atoms with Crippen LogP contribution >= 0.6 is 0 Å². The molecular weight excluding hydrogens is 268 g/mol. The van der Waals surface area contributed by atoms with Gasteiger partial charge in [-0.3, -0.25) is 9.59 Å². The van der Waals surface area contributed by atoms with E-state index in [0.29, 0.717) is 31.4 Å². The molecule has 1 atom stereocenters. The summed E-state index contributed by atoms with van der Waals surface area (Å²) in [4.78, 5) is 29.7. The van der Waals surface area contributed by atoms with E-state index in [0.717, 1.165) is 25.2 Å². The standard InChI is InChI=1S/C15H20N4O2/c1-11(20)13-9-17-14-10-18(7-8-19(13)14)15(21)5-4-12-3-2-6-16-12/h4-5,9,12,16H,2-3,6-8,10H2,1H3/b5-4+. The second kappa shape index (κ2) is 5.81. The number of Topliss-reactive ketones (excluding diaryl/α,β-unsaturated/α-hetero) is 1. The smallest absolute Gasteiger partial charge is 0.246 e. The van der Waals surface area contributed by atoms with Gasteiger partial charge in [0.2, 0.25) is 5.91 Å². The van der Waals surface area contributed by atoms with E-state index in [2.05, 4.69) is 10.3 Å². The van der Waals surface area contributed by atoms with Gasteiger partial charge >= 0.3 is 0 Å². The van der Waals surface area contributed by atoms with Crippen LogP contribution in [0.2, 0.25) is 0 Å². The third-order valence-corrected chi connectivity index (χ3v) is 4.11. The first-order valence-corrected chi connectivity index (χ1v) is 7.41. The molecule has 2 aliphatic rings. The molecule has 21 heavy (non-hydrogen) atoms. The molecule has 6 nitrogen and oxygen atoms in total. The van der Waals surface area contributed by atoms with Gasteiger partial charge in [0.1, 0.15) is 11.5 Å². The molecule has 2 aliphatic heterocycles. The van der Waals surface area contributed by atoms with Gasteiger partial charge in [-0.05, 0) is 19.4 Å². The zero-order valence-electron chi connectivity index (χ0n) is 12.2. The summed E-state index contributed by atoms with van der Waals surface area (Å²) in [6, 6.07) is 0.324. The van der Waals surface area contributed by atoms with Crippen molar-refractivity contribution >= 4 is 11.7 Å². The average Bonchev–Trinajstić information content (AvgIpc) is 3.13. The maximum Gasteiger partial charge on any atom is 0.246 e. The quantitative estimate of drug-likeness (QED) is 0.658. The highest BCUT2D eigenvalue weighted by Gasteiger charge is 2.23. The largest absolute Gasteiger partial charge is 0.330 e. The zero-order chi connectivity index (χ0) is 14.8. The lowest BCUT2D eigenvalue weighted by molar-refractivity contribution is -0.127. The predicted molar refractivity (Wildman–Crippen MR) is 77.8 cm³/mol. The number of ketones is 1. The Bertz CT molecular complexity index is 584. The summed E-state index contributed by atoms with van der Waals surface area (Å²) in [5.74, 6) is 0.815. The minimum atomic E-state index is 0.0146. The number of hydrogen-bond donors (Lipinski definition) is 1. The first kappa shape index (κ1) is 14.0. The van der Waals surface area contributed by atoms with Gasteiger partial charge in [-0.25, -0.2) is 4.98 Å². The lowest BCUT2D eigenvalue weighted by Gasteiger charge is -2.27. The predicted octanol–water partition coefficient (Wildman–Crippen LogP) is 0.736. The highest BCUT2D eigenvalue weighted by atomic mass is 16.2. The van der Waals surface area contributed by atoms with Crippen molar-refractivity contribution in [1.82, 2.24) is 19.8 Å². The molecule has 6 heteroatoms. The molecule has 0 saturated carbocycles. The highest BCUT2D eigenvalue weighted by Crippen LogP contribution is 2.15. The summed E-state index contributed by atoms with van der Waals surface area (Å²) in [5.41, 5.74) is 0.628. The number of fused-ring (bicyclic) bond motifs is 1. The second-order valence-corrected chi connectivity index (χ2v) is 5.59. The van der Waals surface area contributed by atoms with Crippen LogP contribution in [0.5, 0.6) is 0 Å². The molecule has 3 heterocycles. The van der Waals surface area contributed by atoms with Crippen LogP contribution in [0.15, 0.2) is 18.3 Å². The van der Waals surface area contributed by atoms with Crippen LogP contribution in [0.25, 0.3) is 0 Å². The lowest BCUT2D eigenvalue weighted by atomic mass is 10.2. The summed E-state index contributed by atoms with van der Waals surface area (Å²) < 4.78 is 1.91. The van der Waals surface area contributed by atoms with Crippen molar-refractivity contribution in [3.63, 3.8) is 0 Å². The minimum Gasteiger partial charge on any atom is -0.330 e. The van der Waals surface area contributed by atoms with Crippen LogP contribution in [0.1, 0.15) is 36.1 Å². The van der Waals surface area contributed by atoms with Gasteiger partial charge in [-0.1, -0.05) is 6.08 Å². The van der Waals surface area contributed by atoms with Gasteiger partial charge in [0.15, 0.2) is 5.78 Å². The zero-order valence-corrected chi connectivity index (χ0v) is 12.2. The van der Waals surface area contributed by atoms with Gasteiger partial charge in [-0.2, -0.15) is 0 Å². The Kier molecular flexibility index (Phi) is 3.88. The van der Waals surface area contributed by atoms with E-state index in [9.17, 15) is 9.59 Å². The van der Waals surface area contributed by atoms with E-state index in [1.165, 1.54) is 0 Å². The lowest BCUT2D eigenvalue weighted by Crippen LogP contribution is -2.38. The highest BCUT2D eigenvalue weighted by molar-refractivity contribution is 5.92. The third kappa shape index (κ3) is 2.90. The van der Waals surface area contributed by atoms with Crippen molar-refractivity contribution < 1.29 is 9.59 Å². The topological polar surface area (TPSA) is 67.2 Å². The number of rotatable bonds is 3. The van der Waals surface area contributed by atoms with Gasteiger partial charge < -0.3 is 14.8 Å². The summed E-state index contributed by atoms with van der Waals surface area (Å²) >= 11 is 0. The summed E-state index contributed by atoms with van der Waals surface area (Å²) in [6.45, 7) is 4.28. The molecule has 1 fully saturated rings. The number of nitrogens with one attached hydrogen (secondary N) is 1. The number of carbonyl (C=O) groups is 2. The molecule has 112 valence electrons. The van der Waals surface area contributed by atoms with E-state index in [4.69, 9.17) is 0 Å². The molecule has 1 saturated heterocycles. The van der Waals surface area contributed by atoms with Gasteiger partial charge in [-0.15, -0.1) is 0 Å². The summed E-state index contributed by atoms with van der Waals surface area (Å²) in [5, 5.41) is 3.33. The summed E-state index contributed by atoms with van der Waals surface area (Å²) in [6.07, 6.45) is 7.48. The monoisotopic (exact) mass is 288 g/mol. The van der Waals surface area contributed by atoms with Crippen molar-refractivity contribution in [2.45, 2.75) is 38.9 Å². The molecule has 0 radical (unpaired) electrons. The van der Waals surface area contributed by atoms with Gasteiger partial charge in [0.25, 0.3) is 0 Å². The van der Waals surface area contributed by atoms with E-state index in [1.807, 2.05) is 10.6 Å². The number of hydrogen-bond acceptors (Lipinski definition) is 4. The van der Waals surface area contributed by atoms with E-state index in [-0.39, 0.29) is 11.7 Å². The first-order valence-electron chi connectivity index (χ1n) is 7.41. The second-order valence-electron chi connectivity index (χ2n) is 5.59. The van der Waals surface area contributed by atoms with Crippen LogP contribution in [-0.2, 0) is 17.9 Å². The number of amides is 1. The normalized spacial score (nSPS) is 21.8. The molecule has 1 aromatic rings. The van der Waals surface area contributed by atoms with Crippen LogP contribution < -0.4 is 5.32 Å². The van der Waals surface area contributed by atoms with E-state index < -0.39 is 0 Å². The number of carbonyl (C=O) groups excluding carboxylic acids is 2. The minimum absolute atomic E-state index is 0.0146. The molecule has 0 aromatic carbocycles. The Hall–Kier alpha value is -1.95. The first-order chi connectivity index (χ1) is 10.1. The maximum atomic E-state index is 12.2. The van der Waals surface area contributed by atoms with Crippen molar-refractivity contribution in [2.24, 2.45) is 0 Å². The summed E-state index contributed by atoms with van der Waals surface area (Å²) in [7, 11) is 0. The van der Waals surface area contributed by atoms with Crippen molar-refractivity contribution in [3.05, 3.63) is 29.9 Å². The SMILES string of the molecule is CC(=O)c1cnc2n1CCN(C(=O)/C=C/C1CCCN1)C2. The fraction of sp³-hybridized carbons (Fsp3) is 0.533. The maximum absolute atomic E-state index is 12.2. The Labute approximate surface area is 123 Å². The van der Waals surface area contributed by atoms with E-state index in [1.54, 1.807) is 24.1 Å². The number of nitrogens with zero attached hydrogens (tertiary/aromatic N) is 3. The molecule has 1 unspecified atom stereocenters.